The average molecular weight is 480 g/mol. The summed E-state index contributed by atoms with van der Waals surface area (Å²) in [6.45, 7) is 23.0. The third kappa shape index (κ3) is 5.56. The van der Waals surface area contributed by atoms with E-state index < -0.39 is 0 Å². The minimum atomic E-state index is -0.315. The number of hydrogen-bond acceptors (Lipinski definition) is 3. The van der Waals surface area contributed by atoms with E-state index in [4.69, 9.17) is 8.06 Å². The van der Waals surface area contributed by atoms with Crippen LogP contribution in [0.5, 0.6) is 11.5 Å². The minimum Gasteiger partial charge on any atom is -0.147 e. The van der Waals surface area contributed by atoms with Gasteiger partial charge in [0.1, 0.15) is 0 Å². The Morgan fingerprint density at radius 3 is 1.45 bits per heavy atom. The smallest absolute Gasteiger partial charge is 0.147 e. The molecule has 169 valence electrons. The fourth-order valence-corrected chi connectivity index (χ4v) is 4.19. The second kappa shape index (κ2) is 9.69. The molecule has 0 N–H and O–H groups in total. The number of esters is 1. The van der Waals surface area contributed by atoms with Gasteiger partial charge >= 0.3 is 195 Å². The van der Waals surface area contributed by atoms with Crippen molar-refractivity contribution in [3.63, 3.8) is 0 Å². The zero-order valence-electron chi connectivity index (χ0n) is 20.8. The van der Waals surface area contributed by atoms with E-state index in [9.17, 15) is 4.79 Å². The third-order valence-corrected chi connectivity index (χ3v) is 6.13. The van der Waals surface area contributed by atoms with Gasteiger partial charge in [-0.05, 0) is 0 Å². The van der Waals surface area contributed by atoms with Crippen LogP contribution in [0.15, 0.2) is 12.1 Å². The fourth-order valence-electron chi connectivity index (χ4n) is 3.86. The molecule has 0 aliphatic rings. The summed E-state index contributed by atoms with van der Waals surface area (Å²) in [4.78, 5) is 12.2. The summed E-state index contributed by atoms with van der Waals surface area (Å²) in [5.74, 6) is 1.18. The van der Waals surface area contributed by atoms with E-state index in [0.717, 1.165) is 39.1 Å². The van der Waals surface area contributed by atoms with Crippen LogP contribution < -0.4 is 8.06 Å². The van der Waals surface area contributed by atoms with Gasteiger partial charge in [-0.3, -0.25) is 0 Å². The summed E-state index contributed by atoms with van der Waals surface area (Å²) in [6.07, 6.45) is 0. The summed E-state index contributed by atoms with van der Waals surface area (Å²) in [7, 11) is 0. The van der Waals surface area contributed by atoms with Crippen LogP contribution in [0.25, 0.3) is 11.1 Å². The van der Waals surface area contributed by atoms with Crippen molar-refractivity contribution >= 4 is 18.4 Å². The molecule has 0 fully saturated rings. The Bertz CT molecular complexity index is 996. The standard InChI is InChI=1S/C26H36O3.ClH.Ti/c1-14-12-19(25(6,7)8)23(28)21(16(14)3)22-17(4)15(2)13-20(26(9,10)11)24(22)29-18(5)27;;/h12-13,28H,1-11H3;1H;/q;;+1/p-1. The summed E-state index contributed by atoms with van der Waals surface area (Å²) >= 11 is 1.73. The Labute approximate surface area is 206 Å². The van der Waals surface area contributed by atoms with Gasteiger partial charge in [0.05, 0.1) is 0 Å². The maximum atomic E-state index is 12.2. The van der Waals surface area contributed by atoms with Crippen molar-refractivity contribution < 1.29 is 33.7 Å². The molecular weight excluding hydrogens is 444 g/mol. The van der Waals surface area contributed by atoms with E-state index in [1.807, 2.05) is 0 Å². The first-order chi connectivity index (χ1) is 13.6. The zero-order valence-corrected chi connectivity index (χ0v) is 23.2. The van der Waals surface area contributed by atoms with Crippen molar-refractivity contribution in [1.82, 2.24) is 0 Å². The van der Waals surface area contributed by atoms with E-state index in [0.29, 0.717) is 5.75 Å². The van der Waals surface area contributed by atoms with Crippen molar-refractivity contribution in [3.8, 4) is 22.6 Å². The molecule has 0 saturated carbocycles. The largest absolute Gasteiger partial charge is 0.147 e. The molecule has 0 unspecified atom stereocenters. The van der Waals surface area contributed by atoms with Crippen LogP contribution in [-0.4, -0.2) is 5.97 Å². The van der Waals surface area contributed by atoms with Crippen LogP contribution >= 0.6 is 12.4 Å². The van der Waals surface area contributed by atoms with Crippen molar-refractivity contribution in [3.05, 3.63) is 45.5 Å². The van der Waals surface area contributed by atoms with E-state index in [2.05, 4.69) is 81.4 Å². The Morgan fingerprint density at radius 1 is 0.774 bits per heavy atom. The predicted molar refractivity (Wildman–Crippen MR) is 127 cm³/mol. The number of aryl methyl sites for hydroxylation is 2. The quantitative estimate of drug-likeness (QED) is 0.262. The summed E-state index contributed by atoms with van der Waals surface area (Å²) in [5, 5.41) is 0. The maximum absolute atomic E-state index is 12.2. The van der Waals surface area contributed by atoms with Gasteiger partial charge in [-0.2, -0.15) is 0 Å². The van der Waals surface area contributed by atoms with Crippen LogP contribution in [0.2, 0.25) is 0 Å². The molecule has 0 atom stereocenters. The Hall–Kier alpha value is -1.29. The van der Waals surface area contributed by atoms with Gasteiger partial charge in [0.15, 0.2) is 0 Å². The molecule has 0 amide bonds. The molecule has 0 radical (unpaired) electrons. The minimum absolute atomic E-state index is 0. The van der Waals surface area contributed by atoms with Crippen molar-refractivity contribution in [1.29, 1.82) is 0 Å². The zero-order chi connectivity index (χ0) is 23.2. The Kier molecular flexibility index (Phi) is 8.67. The molecule has 31 heavy (non-hydrogen) atoms. The molecule has 2 aromatic carbocycles. The van der Waals surface area contributed by atoms with Gasteiger partial charge in [-0.25, -0.2) is 0 Å². The van der Waals surface area contributed by atoms with E-state index in [-0.39, 0.29) is 29.2 Å². The van der Waals surface area contributed by atoms with E-state index in [1.54, 1.807) is 20.8 Å². The van der Waals surface area contributed by atoms with Gasteiger partial charge < -0.3 is 0 Å². The normalized spacial score (nSPS) is 11.7. The topological polar surface area (TPSA) is 35.5 Å². The molecule has 0 spiro atoms. The number of ether oxygens (including phenoxy) is 1. The molecule has 3 nitrogen and oxygen atoms in total. The molecule has 2 rings (SSSR count). The van der Waals surface area contributed by atoms with Crippen molar-refractivity contribution in [2.75, 3.05) is 0 Å². The van der Waals surface area contributed by atoms with Crippen LogP contribution in [0.1, 0.15) is 81.8 Å². The number of benzene rings is 2. The van der Waals surface area contributed by atoms with Crippen molar-refractivity contribution in [2.45, 2.75) is 87.0 Å². The second-order valence-corrected chi connectivity index (χ2v) is 10.7. The summed E-state index contributed by atoms with van der Waals surface area (Å²) in [5.41, 5.74) is 8.48. The predicted octanol–water partition coefficient (Wildman–Crippen LogP) is 7.37. The number of carbonyl (C=O) groups excluding carboxylic acids is 1. The first kappa shape index (κ1) is 27.7. The second-order valence-electron chi connectivity index (χ2n) is 10.3. The van der Waals surface area contributed by atoms with Gasteiger partial charge in [0.25, 0.3) is 0 Å². The molecule has 0 aromatic heterocycles. The number of hydrogen-bond donors (Lipinski definition) is 0. The Balaban J connectivity index is 0.00000480. The molecule has 0 saturated heterocycles. The van der Waals surface area contributed by atoms with Crippen molar-refractivity contribution in [2.24, 2.45) is 0 Å². The SMILES string of the molecule is CC(=O)Oc1c(C(C)(C)C)cc(C)c(C)c1-c1c(C)c(C)cc(C(C)(C)C)c1[O][Ti].Cl. The Morgan fingerprint density at radius 2 is 1.13 bits per heavy atom. The van der Waals surface area contributed by atoms with Crippen LogP contribution in [0.3, 0.4) is 0 Å². The van der Waals surface area contributed by atoms with Gasteiger partial charge in [-0.15, -0.1) is 12.4 Å². The average Bonchev–Trinajstić information content (AvgIpc) is 2.58. The van der Waals surface area contributed by atoms with Crippen LogP contribution in [0, 0.1) is 27.7 Å². The molecule has 5 heteroatoms. The number of carbonyl (C=O) groups is 1. The summed E-state index contributed by atoms with van der Waals surface area (Å²) in [6, 6.07) is 4.37. The molecule has 0 aliphatic carbocycles. The van der Waals surface area contributed by atoms with Crippen LogP contribution in [0.4, 0.5) is 0 Å². The van der Waals surface area contributed by atoms with E-state index in [1.165, 1.54) is 18.1 Å². The third-order valence-electron chi connectivity index (χ3n) is 5.81. The van der Waals surface area contributed by atoms with Gasteiger partial charge in [0.2, 0.25) is 0 Å². The molecule has 2 aromatic rings. The maximum Gasteiger partial charge on any atom is -0.147 e. The number of rotatable bonds is 3. The first-order valence-corrected chi connectivity index (χ1v) is 11.1. The molecular formula is C26H36ClO3Ti. The monoisotopic (exact) mass is 479 g/mol. The number of halogens is 1. The summed E-state index contributed by atoms with van der Waals surface area (Å²) < 4.78 is 12.0. The fraction of sp³-hybridized carbons (Fsp3) is 0.500. The van der Waals surface area contributed by atoms with Crippen LogP contribution in [-0.2, 0) is 36.4 Å². The van der Waals surface area contributed by atoms with Gasteiger partial charge in [0, 0.05) is 0 Å². The molecule has 0 aliphatic heterocycles. The first-order valence-electron chi connectivity index (χ1n) is 10.4. The van der Waals surface area contributed by atoms with E-state index >= 15 is 0 Å². The molecule has 0 heterocycles. The van der Waals surface area contributed by atoms with Gasteiger partial charge in [-0.1, -0.05) is 0 Å². The molecule has 0 bridgehead atoms.